The van der Waals surface area contributed by atoms with Crippen molar-refractivity contribution < 1.29 is 9.59 Å². The van der Waals surface area contributed by atoms with Crippen LogP contribution >= 0.6 is 23.2 Å². The van der Waals surface area contributed by atoms with Crippen molar-refractivity contribution >= 4 is 35.1 Å². The number of amides is 3. The summed E-state index contributed by atoms with van der Waals surface area (Å²) in [4.78, 5) is 26.5. The number of carbonyl (C=O) groups is 2. The highest BCUT2D eigenvalue weighted by atomic mass is 35.5. The number of imide groups is 1. The number of halogens is 2. The minimum absolute atomic E-state index is 0.0117. The molecule has 1 N–H and O–H groups in total. The molecule has 8 nitrogen and oxygen atoms in total. The minimum Gasteiger partial charge on any atom is -0.319 e. The Morgan fingerprint density at radius 1 is 1.27 bits per heavy atom. The van der Waals surface area contributed by atoms with Crippen molar-refractivity contribution in [2.45, 2.75) is 45.3 Å². The zero-order valence-corrected chi connectivity index (χ0v) is 15.9. The third kappa shape index (κ3) is 3.26. The van der Waals surface area contributed by atoms with Crippen molar-refractivity contribution in [2.75, 3.05) is 0 Å². The first-order chi connectivity index (χ1) is 12.4. The van der Waals surface area contributed by atoms with Gasteiger partial charge in [0, 0.05) is 22.2 Å². The van der Waals surface area contributed by atoms with Crippen LogP contribution in [0, 0.1) is 0 Å². The van der Waals surface area contributed by atoms with Crippen LogP contribution in [0.25, 0.3) is 0 Å². The molecule has 1 atom stereocenters. The summed E-state index contributed by atoms with van der Waals surface area (Å²) in [5.74, 6) is 0.0326. The molecule has 1 aromatic carbocycles. The van der Waals surface area contributed by atoms with Crippen LogP contribution in [-0.2, 0) is 23.4 Å². The minimum atomic E-state index is -1.28. The molecule has 3 amide bonds. The molecule has 1 aliphatic heterocycles. The van der Waals surface area contributed by atoms with Crippen LogP contribution in [0.4, 0.5) is 4.79 Å². The number of unbranched alkanes of at least 4 members (excludes halogenated alkanes) is 1. The van der Waals surface area contributed by atoms with Gasteiger partial charge in [-0.2, -0.15) is 0 Å². The number of hydrogen-bond acceptors (Lipinski definition) is 5. The number of nitrogens with zero attached hydrogens (tertiary/aromatic N) is 5. The summed E-state index contributed by atoms with van der Waals surface area (Å²) < 4.78 is 1.61. The van der Waals surface area contributed by atoms with Gasteiger partial charge in [-0.1, -0.05) is 42.6 Å². The molecule has 0 radical (unpaired) electrons. The number of nitrogens with one attached hydrogen (secondary N) is 1. The van der Waals surface area contributed by atoms with Gasteiger partial charge in [0.1, 0.15) is 5.54 Å². The van der Waals surface area contributed by atoms with Crippen molar-refractivity contribution in [3.8, 4) is 0 Å². The van der Waals surface area contributed by atoms with Gasteiger partial charge in [-0.05, 0) is 35.9 Å². The third-order valence-corrected chi connectivity index (χ3v) is 4.92. The maximum atomic E-state index is 13.0. The molecule has 1 aliphatic rings. The molecule has 0 unspecified atom stereocenters. The number of carbonyl (C=O) groups excluding carboxylic acids is 2. The zero-order valence-electron chi connectivity index (χ0n) is 14.4. The lowest BCUT2D eigenvalue weighted by Crippen LogP contribution is -2.41. The maximum absolute atomic E-state index is 13.0. The molecular weight excluding hydrogens is 379 g/mol. The molecule has 2 aromatic rings. The molecule has 0 aliphatic carbocycles. The average molecular weight is 397 g/mol. The second kappa shape index (κ2) is 7.20. The fraction of sp³-hybridized carbons (Fsp3) is 0.438. The van der Waals surface area contributed by atoms with Crippen molar-refractivity contribution in [3.63, 3.8) is 0 Å². The zero-order chi connectivity index (χ0) is 18.9. The van der Waals surface area contributed by atoms with Crippen LogP contribution in [0.15, 0.2) is 18.2 Å². The van der Waals surface area contributed by atoms with Crippen molar-refractivity contribution in [2.24, 2.45) is 0 Å². The van der Waals surface area contributed by atoms with E-state index in [9.17, 15) is 9.59 Å². The van der Waals surface area contributed by atoms with E-state index in [1.54, 1.807) is 23.7 Å². The van der Waals surface area contributed by atoms with Crippen LogP contribution in [-0.4, -0.2) is 37.0 Å². The summed E-state index contributed by atoms with van der Waals surface area (Å²) >= 11 is 12.2. The highest BCUT2D eigenvalue weighted by Gasteiger charge is 2.50. The van der Waals surface area contributed by atoms with Crippen LogP contribution in [0.3, 0.4) is 0 Å². The Kier molecular flexibility index (Phi) is 5.15. The number of urea groups is 1. The second-order valence-electron chi connectivity index (χ2n) is 6.24. The summed E-state index contributed by atoms with van der Waals surface area (Å²) in [6, 6.07) is 4.28. The standard InChI is InChI=1S/C16H18Cl2N6O2/c1-3-4-7-24-13(20-21-22-24)9-23-14(25)16(2,19-15(23)26)11-6-5-10(17)8-12(11)18/h5-6,8H,3-4,7,9H2,1-2H3,(H,19,26)/t16-/m1/s1. The fourth-order valence-corrected chi connectivity index (χ4v) is 3.48. The van der Waals surface area contributed by atoms with Crippen molar-refractivity contribution in [1.29, 1.82) is 0 Å². The Balaban J connectivity index is 1.86. The smallest absolute Gasteiger partial charge is 0.319 e. The summed E-state index contributed by atoms with van der Waals surface area (Å²) in [5, 5.41) is 15.0. The molecule has 2 heterocycles. The Hall–Kier alpha value is -2.19. The summed E-state index contributed by atoms with van der Waals surface area (Å²) in [6.07, 6.45) is 1.88. The van der Waals surface area contributed by atoms with Crippen molar-refractivity contribution in [3.05, 3.63) is 39.6 Å². The maximum Gasteiger partial charge on any atom is 0.325 e. The van der Waals surface area contributed by atoms with E-state index in [-0.39, 0.29) is 6.54 Å². The SMILES string of the molecule is CCCCn1nnnc1CN1C(=O)N[C@](C)(c2ccc(Cl)cc2Cl)C1=O. The fourth-order valence-electron chi connectivity index (χ4n) is 2.88. The third-order valence-electron chi connectivity index (χ3n) is 4.37. The van der Waals surface area contributed by atoms with Gasteiger partial charge in [0.05, 0.1) is 6.54 Å². The molecule has 0 bridgehead atoms. The predicted molar refractivity (Wildman–Crippen MR) is 95.6 cm³/mol. The van der Waals surface area contributed by atoms with E-state index in [4.69, 9.17) is 23.2 Å². The highest BCUT2D eigenvalue weighted by molar-refractivity contribution is 6.35. The number of rotatable bonds is 6. The molecule has 26 heavy (non-hydrogen) atoms. The Labute approximate surface area is 160 Å². The van der Waals surface area contributed by atoms with Gasteiger partial charge in [-0.3, -0.25) is 9.69 Å². The number of hydrogen-bond donors (Lipinski definition) is 1. The number of tetrazole rings is 1. The molecule has 1 saturated heterocycles. The first-order valence-electron chi connectivity index (χ1n) is 8.21. The van der Waals surface area contributed by atoms with E-state index in [1.807, 2.05) is 0 Å². The normalized spacial score (nSPS) is 19.9. The van der Waals surface area contributed by atoms with Crippen molar-refractivity contribution in [1.82, 2.24) is 30.4 Å². The molecule has 1 aromatic heterocycles. The summed E-state index contributed by atoms with van der Waals surface area (Å²) in [7, 11) is 0. The topological polar surface area (TPSA) is 93.0 Å². The van der Waals surface area contributed by atoms with Crippen LogP contribution in [0.5, 0.6) is 0 Å². The first-order valence-corrected chi connectivity index (χ1v) is 8.97. The van der Waals surface area contributed by atoms with E-state index in [0.717, 1.165) is 17.7 Å². The number of aromatic nitrogens is 4. The van der Waals surface area contributed by atoms with E-state index in [2.05, 4.69) is 27.8 Å². The van der Waals surface area contributed by atoms with E-state index >= 15 is 0 Å². The quantitative estimate of drug-likeness (QED) is 0.757. The lowest BCUT2D eigenvalue weighted by atomic mass is 9.92. The molecular formula is C16H18Cl2N6O2. The Morgan fingerprint density at radius 3 is 2.73 bits per heavy atom. The van der Waals surface area contributed by atoms with Crippen LogP contribution in [0.1, 0.15) is 38.1 Å². The molecule has 1 fully saturated rings. The molecule has 0 saturated carbocycles. The van der Waals surface area contributed by atoms with Gasteiger partial charge < -0.3 is 5.32 Å². The monoisotopic (exact) mass is 396 g/mol. The van der Waals surface area contributed by atoms with E-state index in [0.29, 0.717) is 28.0 Å². The molecule has 0 spiro atoms. The number of aryl methyl sites for hydroxylation is 1. The Morgan fingerprint density at radius 2 is 2.04 bits per heavy atom. The predicted octanol–water partition coefficient (Wildman–Crippen LogP) is 2.75. The Bertz CT molecular complexity index is 855. The lowest BCUT2D eigenvalue weighted by molar-refractivity contribution is -0.131. The molecule has 10 heteroatoms. The summed E-state index contributed by atoms with van der Waals surface area (Å²) in [5.41, 5.74) is -0.796. The second-order valence-corrected chi connectivity index (χ2v) is 7.09. The first kappa shape index (κ1) is 18.6. The number of benzene rings is 1. The van der Waals surface area contributed by atoms with E-state index < -0.39 is 17.5 Å². The summed E-state index contributed by atoms with van der Waals surface area (Å²) in [6.45, 7) is 4.29. The van der Waals surface area contributed by atoms with Crippen LogP contribution < -0.4 is 5.32 Å². The largest absolute Gasteiger partial charge is 0.325 e. The average Bonchev–Trinajstić information content (AvgIpc) is 3.11. The van der Waals surface area contributed by atoms with Gasteiger partial charge in [0.15, 0.2) is 5.82 Å². The van der Waals surface area contributed by atoms with Gasteiger partial charge >= 0.3 is 6.03 Å². The highest BCUT2D eigenvalue weighted by Crippen LogP contribution is 2.35. The van der Waals surface area contributed by atoms with Gasteiger partial charge in [-0.15, -0.1) is 5.10 Å². The lowest BCUT2D eigenvalue weighted by Gasteiger charge is -2.23. The van der Waals surface area contributed by atoms with Gasteiger partial charge in [-0.25, -0.2) is 9.48 Å². The van der Waals surface area contributed by atoms with Gasteiger partial charge in [0.25, 0.3) is 5.91 Å². The van der Waals surface area contributed by atoms with Crippen LogP contribution in [0.2, 0.25) is 10.0 Å². The molecule has 3 rings (SSSR count). The van der Waals surface area contributed by atoms with Gasteiger partial charge in [0.2, 0.25) is 0 Å². The molecule has 138 valence electrons. The van der Waals surface area contributed by atoms with E-state index in [1.165, 1.54) is 6.07 Å².